The average Bonchev–Trinajstić information content (AvgIpc) is 2.61. The van der Waals surface area contributed by atoms with Gasteiger partial charge in [0.25, 0.3) is 0 Å². The van der Waals surface area contributed by atoms with E-state index in [0.29, 0.717) is 11.6 Å². The highest BCUT2D eigenvalue weighted by Gasteiger charge is 2.24. The van der Waals surface area contributed by atoms with Gasteiger partial charge in [-0.25, -0.2) is 5.01 Å². The van der Waals surface area contributed by atoms with Gasteiger partial charge in [-0.05, 0) is 30.7 Å². The zero-order valence-electron chi connectivity index (χ0n) is 13.4. The molecular weight excluding hydrogens is 318 g/mol. The maximum Gasteiger partial charge on any atom is 0.203 e. The summed E-state index contributed by atoms with van der Waals surface area (Å²) in [6.45, 7) is 2.05. The van der Waals surface area contributed by atoms with Crippen LogP contribution < -0.4 is 10.7 Å². The number of hydrogen-bond acceptors (Lipinski definition) is 5. The van der Waals surface area contributed by atoms with Crippen LogP contribution in [0.3, 0.4) is 0 Å². The Kier molecular flexibility index (Phi) is 5.01. The molecule has 1 aliphatic rings. The highest BCUT2D eigenvalue weighted by Crippen LogP contribution is 2.23. The minimum Gasteiger partial charge on any atom is -0.385 e. The molecule has 0 spiro atoms. The first-order chi connectivity index (χ1) is 11.6. The number of nitrogens with zero attached hydrogens (tertiary/aromatic N) is 2. The van der Waals surface area contributed by atoms with Crippen LogP contribution in [-0.2, 0) is 10.5 Å². The molecule has 122 valence electrons. The van der Waals surface area contributed by atoms with E-state index in [1.165, 1.54) is 17.3 Å². The Balaban J connectivity index is 1.62. The van der Waals surface area contributed by atoms with Crippen LogP contribution in [0.4, 0.5) is 5.69 Å². The van der Waals surface area contributed by atoms with E-state index < -0.39 is 5.92 Å². The normalized spacial score (nSPS) is 16.8. The highest BCUT2D eigenvalue weighted by atomic mass is 32.2. The minimum atomic E-state index is -0.472. The highest BCUT2D eigenvalue weighted by molar-refractivity contribution is 8.13. The van der Waals surface area contributed by atoms with E-state index in [9.17, 15) is 4.79 Å². The Labute approximate surface area is 146 Å². The summed E-state index contributed by atoms with van der Waals surface area (Å²) < 4.78 is 0. The lowest BCUT2D eigenvalue weighted by Gasteiger charge is -2.22. The summed E-state index contributed by atoms with van der Waals surface area (Å²) in [5.41, 5.74) is 9.27. The number of amidine groups is 1. The van der Waals surface area contributed by atoms with Crippen LogP contribution in [0.25, 0.3) is 0 Å². The average molecular weight is 337 g/mol. The first-order valence-electron chi connectivity index (χ1n) is 7.72. The molecule has 2 aromatic rings. The molecule has 0 bridgehead atoms. The molecule has 0 amide bonds. The van der Waals surface area contributed by atoms with Crippen molar-refractivity contribution in [3.63, 3.8) is 0 Å². The summed E-state index contributed by atoms with van der Waals surface area (Å²) in [7, 11) is 0. The third-order valence-electron chi connectivity index (χ3n) is 3.74. The molecule has 0 aromatic heterocycles. The van der Waals surface area contributed by atoms with Gasteiger partial charge in [-0.1, -0.05) is 59.8 Å². The van der Waals surface area contributed by atoms with Crippen LogP contribution in [0.2, 0.25) is 0 Å². The summed E-state index contributed by atoms with van der Waals surface area (Å²) >= 11 is 1.27. The molecule has 0 aliphatic carbocycles. The lowest BCUT2D eigenvalue weighted by molar-refractivity contribution is -0.111. The fourth-order valence-electron chi connectivity index (χ4n) is 2.34. The number of benzene rings is 2. The SMILES string of the molecule is Cc1ccc(CSC(=O)C2C=CN(c3ccccc3)N=C2N)cc1. The summed E-state index contributed by atoms with van der Waals surface area (Å²) in [6, 6.07) is 17.9. The fourth-order valence-corrected chi connectivity index (χ4v) is 3.22. The van der Waals surface area contributed by atoms with Crippen molar-refractivity contribution in [3.8, 4) is 0 Å². The maximum absolute atomic E-state index is 12.4. The topological polar surface area (TPSA) is 58.7 Å². The number of thioether (sulfide) groups is 1. The second kappa shape index (κ2) is 7.36. The van der Waals surface area contributed by atoms with Crippen LogP contribution in [0.5, 0.6) is 0 Å². The molecule has 0 fully saturated rings. The van der Waals surface area contributed by atoms with E-state index in [-0.39, 0.29) is 5.12 Å². The summed E-state index contributed by atoms with van der Waals surface area (Å²) in [4.78, 5) is 12.4. The van der Waals surface area contributed by atoms with Gasteiger partial charge in [0.15, 0.2) is 0 Å². The van der Waals surface area contributed by atoms with Crippen molar-refractivity contribution >= 4 is 28.4 Å². The Morgan fingerprint density at radius 2 is 1.88 bits per heavy atom. The van der Waals surface area contributed by atoms with Gasteiger partial charge in [-0.3, -0.25) is 4.79 Å². The number of anilines is 1. The predicted molar refractivity (Wildman–Crippen MR) is 101 cm³/mol. The molecule has 24 heavy (non-hydrogen) atoms. The van der Waals surface area contributed by atoms with Gasteiger partial charge in [0.1, 0.15) is 11.8 Å². The van der Waals surface area contributed by atoms with E-state index in [0.717, 1.165) is 11.3 Å². The third-order valence-corrected chi connectivity index (χ3v) is 4.75. The van der Waals surface area contributed by atoms with Gasteiger partial charge in [-0.15, -0.1) is 0 Å². The van der Waals surface area contributed by atoms with E-state index in [4.69, 9.17) is 5.73 Å². The number of nitrogens with two attached hydrogens (primary N) is 1. The maximum atomic E-state index is 12.4. The molecule has 5 heteroatoms. The van der Waals surface area contributed by atoms with Gasteiger partial charge < -0.3 is 5.73 Å². The van der Waals surface area contributed by atoms with Crippen LogP contribution in [0.1, 0.15) is 11.1 Å². The summed E-state index contributed by atoms with van der Waals surface area (Å²) in [5, 5.41) is 6.03. The second-order valence-corrected chi connectivity index (χ2v) is 6.60. The third kappa shape index (κ3) is 3.86. The van der Waals surface area contributed by atoms with Gasteiger partial charge in [0.05, 0.1) is 5.69 Å². The molecular formula is C19H19N3OS. The molecule has 0 saturated carbocycles. The Hall–Kier alpha value is -2.53. The molecule has 0 saturated heterocycles. The van der Waals surface area contributed by atoms with E-state index in [2.05, 4.69) is 17.2 Å². The van der Waals surface area contributed by atoms with Crippen molar-refractivity contribution in [1.82, 2.24) is 0 Å². The summed E-state index contributed by atoms with van der Waals surface area (Å²) in [5.74, 6) is 0.488. The number of hydrogen-bond donors (Lipinski definition) is 1. The molecule has 3 rings (SSSR count). The van der Waals surface area contributed by atoms with Crippen molar-refractivity contribution in [2.24, 2.45) is 16.8 Å². The van der Waals surface area contributed by atoms with Crippen molar-refractivity contribution in [2.75, 3.05) is 5.01 Å². The fraction of sp³-hybridized carbons (Fsp3) is 0.158. The lowest BCUT2D eigenvalue weighted by Crippen LogP contribution is -2.33. The van der Waals surface area contributed by atoms with Gasteiger partial charge in [0.2, 0.25) is 5.12 Å². The largest absolute Gasteiger partial charge is 0.385 e. The molecule has 1 unspecified atom stereocenters. The predicted octanol–water partition coefficient (Wildman–Crippen LogP) is 3.68. The Bertz CT molecular complexity index is 769. The van der Waals surface area contributed by atoms with E-state index in [1.54, 1.807) is 17.3 Å². The molecule has 2 aromatic carbocycles. The number of rotatable bonds is 4. The summed E-state index contributed by atoms with van der Waals surface area (Å²) in [6.07, 6.45) is 3.60. The molecule has 0 radical (unpaired) electrons. The standard InChI is InChI=1S/C19H19N3OS/c1-14-7-9-15(10-8-14)13-24-19(23)17-11-12-22(21-18(17)20)16-5-3-2-4-6-16/h2-12,17H,13H2,1H3,(H2,20,21). The molecule has 1 atom stereocenters. The first-order valence-corrected chi connectivity index (χ1v) is 8.71. The molecule has 4 nitrogen and oxygen atoms in total. The van der Waals surface area contributed by atoms with Crippen molar-refractivity contribution in [2.45, 2.75) is 12.7 Å². The monoisotopic (exact) mass is 337 g/mol. The number of hydrazone groups is 1. The van der Waals surface area contributed by atoms with Crippen molar-refractivity contribution in [3.05, 3.63) is 78.0 Å². The zero-order valence-corrected chi connectivity index (χ0v) is 14.2. The smallest absolute Gasteiger partial charge is 0.203 e. The van der Waals surface area contributed by atoms with Gasteiger partial charge in [-0.2, -0.15) is 5.10 Å². The van der Waals surface area contributed by atoms with Crippen LogP contribution in [0.15, 0.2) is 72.0 Å². The van der Waals surface area contributed by atoms with Crippen LogP contribution in [-0.4, -0.2) is 11.0 Å². The number of carbonyl (C=O) groups is 1. The van der Waals surface area contributed by atoms with E-state index >= 15 is 0 Å². The number of carbonyl (C=O) groups excluding carboxylic acids is 1. The van der Waals surface area contributed by atoms with Crippen LogP contribution >= 0.6 is 11.8 Å². The van der Waals surface area contributed by atoms with Crippen LogP contribution in [0, 0.1) is 12.8 Å². The number of aryl methyl sites for hydroxylation is 1. The molecule has 1 heterocycles. The second-order valence-electron chi connectivity index (χ2n) is 5.62. The Morgan fingerprint density at radius 1 is 1.17 bits per heavy atom. The zero-order chi connectivity index (χ0) is 16.9. The lowest BCUT2D eigenvalue weighted by atomic mass is 10.1. The van der Waals surface area contributed by atoms with Crippen molar-refractivity contribution in [1.29, 1.82) is 0 Å². The van der Waals surface area contributed by atoms with Crippen molar-refractivity contribution < 1.29 is 4.79 Å². The molecule has 2 N–H and O–H groups in total. The Morgan fingerprint density at radius 3 is 2.54 bits per heavy atom. The quantitative estimate of drug-likeness (QED) is 0.924. The minimum absolute atomic E-state index is 0.0146. The van der Waals surface area contributed by atoms with Gasteiger partial charge in [0, 0.05) is 12.0 Å². The van der Waals surface area contributed by atoms with Gasteiger partial charge >= 0.3 is 0 Å². The van der Waals surface area contributed by atoms with E-state index in [1.807, 2.05) is 49.4 Å². The molecule has 1 aliphatic heterocycles. The first kappa shape index (κ1) is 16.3. The number of para-hydroxylation sites is 1.